The number of fused-ring (bicyclic) bond motifs is 6. The van der Waals surface area contributed by atoms with Crippen molar-refractivity contribution in [1.82, 2.24) is 0 Å². The molecule has 5 rings (SSSR count). The van der Waals surface area contributed by atoms with Gasteiger partial charge in [-0.15, -0.1) is 0 Å². The molecule has 3 heterocycles. The first-order valence-corrected chi connectivity index (χ1v) is 8.02. The van der Waals surface area contributed by atoms with Gasteiger partial charge in [0.1, 0.15) is 24.7 Å². The maximum absolute atomic E-state index is 6.33. The molecule has 0 saturated carbocycles. The summed E-state index contributed by atoms with van der Waals surface area (Å²) in [5, 5.41) is 0. The number of anilines is 2. The Labute approximate surface area is 135 Å². The highest BCUT2D eigenvalue weighted by Crippen LogP contribution is 2.39. The first-order valence-electron chi connectivity index (χ1n) is 8.02. The molecule has 0 spiro atoms. The van der Waals surface area contributed by atoms with Crippen molar-refractivity contribution in [1.29, 1.82) is 0 Å². The number of ether oxygens (including phenoxy) is 3. The summed E-state index contributed by atoms with van der Waals surface area (Å²) in [6, 6.07) is 16.3. The zero-order chi connectivity index (χ0) is 15.2. The summed E-state index contributed by atoms with van der Waals surface area (Å²) in [5.41, 5.74) is 2.22. The third-order valence-corrected chi connectivity index (χ3v) is 4.70. The van der Waals surface area contributed by atoms with E-state index in [-0.39, 0.29) is 12.5 Å². The van der Waals surface area contributed by atoms with Gasteiger partial charge in [0, 0.05) is 13.1 Å². The van der Waals surface area contributed by atoms with Gasteiger partial charge in [-0.1, -0.05) is 24.3 Å². The Bertz CT molecular complexity index is 674. The molecule has 3 aliphatic rings. The van der Waals surface area contributed by atoms with Gasteiger partial charge in [-0.05, 0) is 24.3 Å². The third kappa shape index (κ3) is 2.04. The van der Waals surface area contributed by atoms with E-state index in [4.69, 9.17) is 14.2 Å². The molecule has 0 bridgehead atoms. The maximum atomic E-state index is 6.33. The Hall–Kier alpha value is -2.40. The third-order valence-electron chi connectivity index (χ3n) is 4.70. The zero-order valence-corrected chi connectivity index (χ0v) is 12.7. The maximum Gasteiger partial charge on any atom is 0.167 e. The quantitative estimate of drug-likeness (QED) is 0.747. The van der Waals surface area contributed by atoms with Crippen molar-refractivity contribution in [2.24, 2.45) is 0 Å². The monoisotopic (exact) mass is 310 g/mol. The molecule has 5 nitrogen and oxygen atoms in total. The average molecular weight is 310 g/mol. The predicted molar refractivity (Wildman–Crippen MR) is 87.2 cm³/mol. The Morgan fingerprint density at radius 3 is 1.70 bits per heavy atom. The predicted octanol–water partition coefficient (Wildman–Crippen LogP) is 2.47. The van der Waals surface area contributed by atoms with E-state index in [1.54, 1.807) is 0 Å². The van der Waals surface area contributed by atoms with E-state index in [0.717, 1.165) is 36.0 Å². The Balaban J connectivity index is 1.50. The molecule has 2 atom stereocenters. The van der Waals surface area contributed by atoms with Crippen molar-refractivity contribution in [3.05, 3.63) is 48.5 Å². The molecule has 1 fully saturated rings. The van der Waals surface area contributed by atoms with Crippen LogP contribution in [0.5, 0.6) is 11.5 Å². The fourth-order valence-corrected chi connectivity index (χ4v) is 3.60. The molecule has 2 aromatic rings. The van der Waals surface area contributed by atoms with Crippen LogP contribution in [0.4, 0.5) is 11.4 Å². The Morgan fingerprint density at radius 1 is 0.696 bits per heavy atom. The van der Waals surface area contributed by atoms with Gasteiger partial charge in [0.25, 0.3) is 0 Å². The van der Waals surface area contributed by atoms with Gasteiger partial charge in [0.2, 0.25) is 0 Å². The lowest BCUT2D eigenvalue weighted by Crippen LogP contribution is -2.48. The van der Waals surface area contributed by atoms with Gasteiger partial charge in [-0.3, -0.25) is 0 Å². The van der Waals surface area contributed by atoms with Crippen LogP contribution < -0.4 is 19.3 Å². The summed E-state index contributed by atoms with van der Waals surface area (Å²) >= 11 is 0. The summed E-state index contributed by atoms with van der Waals surface area (Å²) in [4.78, 5) is 4.61. The molecule has 0 amide bonds. The zero-order valence-electron chi connectivity index (χ0n) is 12.7. The van der Waals surface area contributed by atoms with Gasteiger partial charge < -0.3 is 24.0 Å². The molecular weight excluding hydrogens is 292 g/mol. The van der Waals surface area contributed by atoms with Crippen LogP contribution >= 0.6 is 0 Å². The minimum atomic E-state index is -0.0752. The highest BCUT2D eigenvalue weighted by Gasteiger charge is 2.38. The summed E-state index contributed by atoms with van der Waals surface area (Å²) in [6.45, 7) is 2.89. The van der Waals surface area contributed by atoms with Crippen molar-refractivity contribution >= 4 is 11.4 Å². The molecule has 23 heavy (non-hydrogen) atoms. The number of rotatable bonds is 0. The van der Waals surface area contributed by atoms with Crippen molar-refractivity contribution in [3.63, 3.8) is 0 Å². The normalized spacial score (nSPS) is 25.0. The van der Waals surface area contributed by atoms with Crippen LogP contribution in [0.3, 0.4) is 0 Å². The van der Waals surface area contributed by atoms with E-state index in [1.807, 2.05) is 36.4 Å². The molecule has 5 heteroatoms. The minimum Gasteiger partial charge on any atom is -0.487 e. The van der Waals surface area contributed by atoms with Crippen molar-refractivity contribution in [2.75, 3.05) is 36.1 Å². The number of hydrogen-bond acceptors (Lipinski definition) is 5. The smallest absolute Gasteiger partial charge is 0.167 e. The van der Waals surface area contributed by atoms with Crippen LogP contribution in [0, 0.1) is 0 Å². The van der Waals surface area contributed by atoms with Gasteiger partial charge >= 0.3 is 0 Å². The average Bonchev–Trinajstić information content (AvgIpc) is 2.81. The molecule has 0 aliphatic carbocycles. The largest absolute Gasteiger partial charge is 0.487 e. The van der Waals surface area contributed by atoms with E-state index in [1.165, 1.54) is 0 Å². The Kier molecular flexibility index (Phi) is 2.88. The molecule has 0 aromatic heterocycles. The molecule has 2 aromatic carbocycles. The van der Waals surface area contributed by atoms with Crippen molar-refractivity contribution in [3.8, 4) is 11.5 Å². The lowest BCUT2D eigenvalue weighted by molar-refractivity contribution is -0.0528. The molecule has 0 N–H and O–H groups in total. The molecule has 0 radical (unpaired) electrons. The molecule has 1 saturated heterocycles. The van der Waals surface area contributed by atoms with E-state index in [9.17, 15) is 0 Å². The summed E-state index contributed by atoms with van der Waals surface area (Å²) in [7, 11) is 0. The highest BCUT2D eigenvalue weighted by atomic mass is 16.6. The van der Waals surface area contributed by atoms with E-state index in [0.29, 0.717) is 13.2 Å². The first kappa shape index (κ1) is 13.1. The second-order valence-corrected chi connectivity index (χ2v) is 5.99. The molecule has 3 aliphatic heterocycles. The van der Waals surface area contributed by atoms with Crippen LogP contribution in [0.1, 0.15) is 0 Å². The lowest BCUT2D eigenvalue weighted by atomic mass is 10.2. The molecule has 0 unspecified atom stereocenters. The lowest BCUT2D eigenvalue weighted by Gasteiger charge is -2.38. The number of benzene rings is 2. The number of hydrogen-bond donors (Lipinski definition) is 0. The van der Waals surface area contributed by atoms with Crippen LogP contribution in [0.15, 0.2) is 48.5 Å². The summed E-state index contributed by atoms with van der Waals surface area (Å²) < 4.78 is 18.1. The van der Waals surface area contributed by atoms with Crippen LogP contribution in [-0.2, 0) is 4.74 Å². The van der Waals surface area contributed by atoms with E-state index < -0.39 is 0 Å². The van der Waals surface area contributed by atoms with Crippen LogP contribution in [0.2, 0.25) is 0 Å². The summed E-state index contributed by atoms with van der Waals surface area (Å²) in [6.07, 6.45) is -0.150. The number of nitrogens with zero attached hydrogens (tertiary/aromatic N) is 2. The van der Waals surface area contributed by atoms with Gasteiger partial charge in [0.05, 0.1) is 11.4 Å². The van der Waals surface area contributed by atoms with Crippen molar-refractivity contribution in [2.45, 2.75) is 12.5 Å². The van der Waals surface area contributed by atoms with E-state index in [2.05, 4.69) is 21.9 Å². The molecular formula is C18H18N2O3. The van der Waals surface area contributed by atoms with Crippen LogP contribution in [-0.4, -0.2) is 38.8 Å². The van der Waals surface area contributed by atoms with Gasteiger partial charge in [-0.25, -0.2) is 0 Å². The van der Waals surface area contributed by atoms with Crippen molar-refractivity contribution < 1.29 is 14.2 Å². The fraction of sp³-hybridized carbons (Fsp3) is 0.333. The fourth-order valence-electron chi connectivity index (χ4n) is 3.60. The summed E-state index contributed by atoms with van der Waals surface area (Å²) in [5.74, 6) is 1.87. The van der Waals surface area contributed by atoms with Crippen LogP contribution in [0.25, 0.3) is 0 Å². The Morgan fingerprint density at radius 2 is 1.17 bits per heavy atom. The standard InChI is InChI=1S/C18H18N2O3/c1-3-7-15-13(5-1)19-9-10-20-14-6-2-4-8-16(14)22-12-18(20)23-17(19)11-21-15/h1-8,17-18H,9-12H2/t17-,18-/m1/s1. The highest BCUT2D eigenvalue weighted by molar-refractivity contribution is 5.63. The number of para-hydroxylation sites is 4. The SMILES string of the molecule is c1ccc2c(c1)OC[C@H]1O[C@@H]3COc4ccccc4N3CCN21. The topological polar surface area (TPSA) is 34.2 Å². The first-order chi connectivity index (χ1) is 11.4. The van der Waals surface area contributed by atoms with E-state index >= 15 is 0 Å². The van der Waals surface area contributed by atoms with Gasteiger partial charge in [-0.2, -0.15) is 0 Å². The van der Waals surface area contributed by atoms with Gasteiger partial charge in [0.15, 0.2) is 12.5 Å². The second kappa shape index (κ2) is 5.06. The molecule has 118 valence electrons. The minimum absolute atomic E-state index is 0.0752. The second-order valence-electron chi connectivity index (χ2n) is 5.99.